The van der Waals surface area contributed by atoms with Crippen LogP contribution in [0.15, 0.2) is 78.1 Å². The van der Waals surface area contributed by atoms with Crippen molar-refractivity contribution in [2.24, 2.45) is 10.9 Å². The van der Waals surface area contributed by atoms with Crippen molar-refractivity contribution in [3.8, 4) is 11.3 Å². The van der Waals surface area contributed by atoms with Crippen molar-refractivity contribution in [2.45, 2.75) is 39.5 Å². The van der Waals surface area contributed by atoms with Crippen molar-refractivity contribution in [2.75, 3.05) is 0 Å². The average molecular weight is 639 g/mol. The summed E-state index contributed by atoms with van der Waals surface area (Å²) < 4.78 is 14.4. The molecule has 1 unspecified atom stereocenters. The Morgan fingerprint density at radius 3 is 2.63 bits per heavy atom. The van der Waals surface area contributed by atoms with Gasteiger partial charge in [-0.2, -0.15) is 0 Å². The first-order chi connectivity index (χ1) is 16.4. The van der Waals surface area contributed by atoms with E-state index >= 15 is 0 Å². The van der Waals surface area contributed by atoms with Crippen molar-refractivity contribution >= 4 is 16.5 Å². The van der Waals surface area contributed by atoms with Crippen molar-refractivity contribution in [3.63, 3.8) is 0 Å². The number of rotatable bonds is 1. The van der Waals surface area contributed by atoms with Crippen LogP contribution in [-0.4, -0.2) is 10.7 Å². The summed E-state index contributed by atoms with van der Waals surface area (Å²) in [6.07, 6.45) is 6.84. The number of fused-ring (bicyclic) bond motifs is 2. The summed E-state index contributed by atoms with van der Waals surface area (Å²) in [6.45, 7) is 8.43. The summed E-state index contributed by atoms with van der Waals surface area (Å²) in [5.41, 5.74) is 6.63. The van der Waals surface area contributed by atoms with E-state index in [1.54, 1.807) is 12.3 Å². The van der Waals surface area contributed by atoms with E-state index in [1.807, 2.05) is 24.4 Å². The zero-order valence-electron chi connectivity index (χ0n) is 20.3. The third-order valence-corrected chi connectivity index (χ3v) is 6.70. The Morgan fingerprint density at radius 2 is 1.86 bits per heavy atom. The maximum absolute atomic E-state index is 14.4. The SMILES string of the molecule is CC1(C)c2c([c-]ccc2F)-c2nccc3cccc1c23.Cc1cc[c-]c(C2=NC=CC(C)C2)c1.[Ir]. The number of halogens is 1. The van der Waals surface area contributed by atoms with E-state index in [9.17, 15) is 4.39 Å². The monoisotopic (exact) mass is 639 g/mol. The van der Waals surface area contributed by atoms with Gasteiger partial charge in [-0.05, 0) is 51.6 Å². The van der Waals surface area contributed by atoms with Crippen LogP contribution < -0.4 is 0 Å². The van der Waals surface area contributed by atoms with E-state index in [-0.39, 0.29) is 31.3 Å². The number of nitrogens with zero attached hydrogens (tertiary/aromatic N) is 2. The third-order valence-electron chi connectivity index (χ3n) is 6.70. The normalized spacial score (nSPS) is 16.9. The molecule has 1 atom stereocenters. The van der Waals surface area contributed by atoms with Crippen LogP contribution in [0.3, 0.4) is 0 Å². The Kier molecular flexibility index (Phi) is 7.17. The molecule has 1 aliphatic carbocycles. The number of hydrogen-bond donors (Lipinski definition) is 0. The fourth-order valence-electron chi connectivity index (χ4n) is 4.98. The van der Waals surface area contributed by atoms with Crippen LogP contribution in [0.25, 0.3) is 22.0 Å². The first kappa shape index (κ1) is 25.2. The van der Waals surface area contributed by atoms with E-state index in [0.717, 1.165) is 45.3 Å². The van der Waals surface area contributed by atoms with Gasteiger partial charge < -0.3 is 9.98 Å². The van der Waals surface area contributed by atoms with E-state index in [2.05, 4.69) is 80.1 Å². The number of aliphatic imine (C=N–C) groups is 1. The van der Waals surface area contributed by atoms with Crippen LogP contribution in [0, 0.1) is 30.8 Å². The summed E-state index contributed by atoms with van der Waals surface area (Å²) in [6, 6.07) is 23.9. The summed E-state index contributed by atoms with van der Waals surface area (Å²) >= 11 is 0. The largest absolute Gasteiger partial charge is 0.309 e. The van der Waals surface area contributed by atoms with Gasteiger partial charge in [-0.25, -0.2) is 4.39 Å². The zero-order chi connectivity index (χ0) is 23.9. The predicted octanol–water partition coefficient (Wildman–Crippen LogP) is 7.62. The summed E-state index contributed by atoms with van der Waals surface area (Å²) in [4.78, 5) is 8.88. The standard InChI is InChI=1S/C18H13FN.C13H14N.Ir/c1-18(2)13-7-3-5-11-9-10-20-17(15(11)13)12-6-4-8-14(19)16(12)18;1-10-4-3-5-12(8-10)13-9-11(2)6-7-14-13;/h3-5,7-10H,1-2H3;3-4,6-8,11H,9H2,1-2H3;/q2*-1;. The van der Waals surface area contributed by atoms with Crippen LogP contribution >= 0.6 is 0 Å². The molecule has 1 radical (unpaired) electrons. The molecule has 4 heteroatoms. The molecular formula is C31H27FIrN2-2. The molecule has 35 heavy (non-hydrogen) atoms. The second-order valence-electron chi connectivity index (χ2n) is 9.64. The predicted molar refractivity (Wildman–Crippen MR) is 138 cm³/mol. The fraction of sp³-hybridized carbons (Fsp3) is 0.226. The van der Waals surface area contributed by atoms with Gasteiger partial charge in [-0.15, -0.1) is 59.2 Å². The first-order valence-corrected chi connectivity index (χ1v) is 11.7. The second-order valence-corrected chi connectivity index (χ2v) is 9.64. The summed E-state index contributed by atoms with van der Waals surface area (Å²) in [5, 5.41) is 2.26. The smallest absolute Gasteiger partial charge is 0.0459 e. The molecule has 0 fully saturated rings. The number of aromatic nitrogens is 1. The van der Waals surface area contributed by atoms with Gasteiger partial charge in [0.2, 0.25) is 0 Å². The number of benzene rings is 3. The molecule has 2 aliphatic rings. The quantitative estimate of drug-likeness (QED) is 0.197. The number of pyridine rings is 1. The van der Waals surface area contributed by atoms with Gasteiger partial charge in [0.1, 0.15) is 0 Å². The second kappa shape index (κ2) is 9.97. The molecule has 0 amide bonds. The van der Waals surface area contributed by atoms with Gasteiger partial charge in [0, 0.05) is 38.3 Å². The summed E-state index contributed by atoms with van der Waals surface area (Å²) in [7, 11) is 0. The molecule has 1 aromatic heterocycles. The molecule has 4 aromatic rings. The molecule has 2 nitrogen and oxygen atoms in total. The maximum Gasteiger partial charge on any atom is 0.0459 e. The Labute approximate surface area is 220 Å². The summed E-state index contributed by atoms with van der Waals surface area (Å²) in [5.74, 6) is 0.411. The van der Waals surface area contributed by atoms with Crippen LogP contribution in [0.5, 0.6) is 0 Å². The average Bonchev–Trinajstić information content (AvgIpc) is 2.83. The minimum Gasteiger partial charge on any atom is -0.309 e. The Bertz CT molecular complexity index is 1450. The fourth-order valence-corrected chi connectivity index (χ4v) is 4.98. The molecule has 1 aliphatic heterocycles. The third kappa shape index (κ3) is 4.66. The van der Waals surface area contributed by atoms with Crippen LogP contribution in [0.4, 0.5) is 4.39 Å². The molecule has 6 rings (SSSR count). The van der Waals surface area contributed by atoms with E-state index in [1.165, 1.54) is 11.6 Å². The number of allylic oxidation sites excluding steroid dienone is 1. The molecule has 3 aromatic carbocycles. The van der Waals surface area contributed by atoms with Gasteiger partial charge in [-0.3, -0.25) is 0 Å². The van der Waals surface area contributed by atoms with Crippen LogP contribution in [0.2, 0.25) is 0 Å². The molecule has 179 valence electrons. The molecule has 0 saturated heterocycles. The first-order valence-electron chi connectivity index (χ1n) is 11.7. The van der Waals surface area contributed by atoms with E-state index in [0.29, 0.717) is 11.5 Å². The van der Waals surface area contributed by atoms with Gasteiger partial charge in [0.15, 0.2) is 0 Å². The Morgan fingerprint density at radius 1 is 1.06 bits per heavy atom. The van der Waals surface area contributed by atoms with E-state index < -0.39 is 0 Å². The zero-order valence-corrected chi connectivity index (χ0v) is 22.7. The maximum atomic E-state index is 14.4. The van der Waals surface area contributed by atoms with E-state index in [4.69, 9.17) is 0 Å². The van der Waals surface area contributed by atoms with Crippen LogP contribution in [0.1, 0.15) is 49.4 Å². The van der Waals surface area contributed by atoms with Gasteiger partial charge in [0.05, 0.1) is 0 Å². The Balaban J connectivity index is 0.000000171. The molecular weight excluding hydrogens is 612 g/mol. The molecule has 0 bridgehead atoms. The molecule has 0 N–H and O–H groups in total. The minimum absolute atomic E-state index is 0. The van der Waals surface area contributed by atoms with Crippen molar-refractivity contribution < 1.29 is 24.5 Å². The van der Waals surface area contributed by atoms with Crippen molar-refractivity contribution in [3.05, 3.63) is 113 Å². The Hall–Kier alpha value is -2.94. The molecule has 0 spiro atoms. The molecule has 2 heterocycles. The number of hydrogen-bond acceptors (Lipinski definition) is 2. The van der Waals surface area contributed by atoms with Gasteiger partial charge in [-0.1, -0.05) is 57.5 Å². The minimum atomic E-state index is -0.382. The van der Waals surface area contributed by atoms with Crippen molar-refractivity contribution in [1.29, 1.82) is 0 Å². The molecule has 0 saturated carbocycles. The number of aryl methyl sites for hydroxylation is 1. The topological polar surface area (TPSA) is 25.2 Å². The van der Waals surface area contributed by atoms with Gasteiger partial charge in [0.25, 0.3) is 0 Å². The van der Waals surface area contributed by atoms with Crippen molar-refractivity contribution in [1.82, 2.24) is 4.98 Å². The van der Waals surface area contributed by atoms with Gasteiger partial charge >= 0.3 is 0 Å². The van der Waals surface area contributed by atoms with Crippen LogP contribution in [-0.2, 0) is 25.5 Å².